The van der Waals surface area contributed by atoms with Crippen molar-refractivity contribution < 1.29 is 9.90 Å². The summed E-state index contributed by atoms with van der Waals surface area (Å²) in [6, 6.07) is 9.73. The zero-order valence-electron chi connectivity index (χ0n) is 12.1. The van der Waals surface area contributed by atoms with E-state index in [0.717, 1.165) is 31.5 Å². The van der Waals surface area contributed by atoms with E-state index >= 15 is 0 Å². The molecule has 4 nitrogen and oxygen atoms in total. The maximum Gasteiger partial charge on any atom is 0.227 e. The Kier molecular flexibility index (Phi) is 5.15. The number of hydrogen-bond acceptors (Lipinski definition) is 3. The largest absolute Gasteiger partial charge is 0.394 e. The van der Waals surface area contributed by atoms with Gasteiger partial charge in [-0.05, 0) is 31.4 Å². The van der Waals surface area contributed by atoms with Crippen LogP contribution in [0.5, 0.6) is 0 Å². The molecule has 0 saturated carbocycles. The Morgan fingerprint density at radius 1 is 1.45 bits per heavy atom. The molecule has 1 aliphatic rings. The van der Waals surface area contributed by atoms with Crippen LogP contribution in [0.2, 0.25) is 0 Å². The van der Waals surface area contributed by atoms with Gasteiger partial charge in [-0.15, -0.1) is 0 Å². The molecule has 1 heterocycles. The van der Waals surface area contributed by atoms with Crippen LogP contribution in [0.4, 0.5) is 0 Å². The Labute approximate surface area is 120 Å². The molecule has 20 heavy (non-hydrogen) atoms. The highest BCUT2D eigenvalue weighted by molar-refractivity contribution is 5.83. The lowest BCUT2D eigenvalue weighted by atomic mass is 9.83. The van der Waals surface area contributed by atoms with Crippen molar-refractivity contribution in [1.29, 1.82) is 0 Å². The molecule has 1 aromatic rings. The Balaban J connectivity index is 1.97. The van der Waals surface area contributed by atoms with Gasteiger partial charge in [-0.2, -0.15) is 0 Å². The average molecular weight is 276 g/mol. The minimum absolute atomic E-state index is 0.0339. The van der Waals surface area contributed by atoms with Crippen molar-refractivity contribution in [3.05, 3.63) is 35.9 Å². The van der Waals surface area contributed by atoms with Gasteiger partial charge in [-0.1, -0.05) is 37.3 Å². The van der Waals surface area contributed by atoms with E-state index in [-0.39, 0.29) is 24.0 Å². The first kappa shape index (κ1) is 15.0. The van der Waals surface area contributed by atoms with Crippen molar-refractivity contribution in [3.8, 4) is 0 Å². The lowest BCUT2D eigenvalue weighted by Crippen LogP contribution is -2.48. The minimum Gasteiger partial charge on any atom is -0.394 e. The highest BCUT2D eigenvalue weighted by Gasteiger charge is 2.39. The van der Waals surface area contributed by atoms with Gasteiger partial charge in [0.1, 0.15) is 0 Å². The number of carbonyl (C=O) groups excluding carboxylic acids is 1. The van der Waals surface area contributed by atoms with Crippen LogP contribution < -0.4 is 10.6 Å². The number of hydrogen-bond donors (Lipinski definition) is 3. The van der Waals surface area contributed by atoms with Gasteiger partial charge in [0, 0.05) is 6.54 Å². The first-order valence-corrected chi connectivity index (χ1v) is 7.36. The lowest BCUT2D eigenvalue weighted by molar-refractivity contribution is -0.131. The predicted octanol–water partition coefficient (Wildman–Crippen LogP) is 1.10. The minimum atomic E-state index is -0.301. The van der Waals surface area contributed by atoms with Crippen molar-refractivity contribution in [2.45, 2.75) is 32.2 Å². The highest BCUT2D eigenvalue weighted by atomic mass is 16.3. The predicted molar refractivity (Wildman–Crippen MR) is 79.4 cm³/mol. The Hall–Kier alpha value is -1.39. The van der Waals surface area contributed by atoms with E-state index in [1.807, 2.05) is 30.3 Å². The number of amides is 1. The van der Waals surface area contributed by atoms with Crippen LogP contribution in [0.3, 0.4) is 0 Å². The van der Waals surface area contributed by atoms with Crippen LogP contribution >= 0.6 is 0 Å². The molecule has 110 valence electrons. The third-order valence-electron chi connectivity index (χ3n) is 4.28. The van der Waals surface area contributed by atoms with Gasteiger partial charge in [0.25, 0.3) is 0 Å². The molecule has 0 aromatic heterocycles. The number of rotatable bonds is 6. The molecule has 1 amide bonds. The summed E-state index contributed by atoms with van der Waals surface area (Å²) < 4.78 is 0. The standard InChI is InChI=1S/C16H24N2O2/c1-2-16(8-9-17-12-16)15(20)18-14(11-19)10-13-6-4-3-5-7-13/h3-7,14,17,19H,2,8-12H2,1H3,(H,18,20)/t14-,16?/m0/s1. The fourth-order valence-corrected chi connectivity index (χ4v) is 2.80. The van der Waals surface area contributed by atoms with Gasteiger partial charge in [-0.3, -0.25) is 4.79 Å². The molecule has 3 N–H and O–H groups in total. The van der Waals surface area contributed by atoms with Gasteiger partial charge in [-0.25, -0.2) is 0 Å². The molecule has 1 fully saturated rings. The topological polar surface area (TPSA) is 61.4 Å². The summed E-state index contributed by atoms with van der Waals surface area (Å²) in [4.78, 5) is 12.5. The number of carbonyl (C=O) groups is 1. The SMILES string of the molecule is CCC1(C(=O)N[C@H](CO)Cc2ccccc2)CCNC1. The first-order chi connectivity index (χ1) is 9.70. The van der Waals surface area contributed by atoms with Crippen LogP contribution in [-0.2, 0) is 11.2 Å². The summed E-state index contributed by atoms with van der Waals surface area (Å²) in [5.74, 6) is 0.0694. The molecule has 2 rings (SSSR count). The molecule has 0 spiro atoms. The Bertz CT molecular complexity index is 427. The van der Waals surface area contributed by atoms with Crippen LogP contribution in [0, 0.1) is 5.41 Å². The van der Waals surface area contributed by atoms with Crippen LogP contribution in [0.25, 0.3) is 0 Å². The average Bonchev–Trinajstić information content (AvgIpc) is 2.97. The molecule has 1 unspecified atom stereocenters. The van der Waals surface area contributed by atoms with Crippen molar-refractivity contribution in [2.24, 2.45) is 5.41 Å². The number of aliphatic hydroxyl groups is 1. The van der Waals surface area contributed by atoms with Crippen LogP contribution in [0.1, 0.15) is 25.3 Å². The quantitative estimate of drug-likeness (QED) is 0.729. The van der Waals surface area contributed by atoms with E-state index < -0.39 is 0 Å². The number of nitrogens with one attached hydrogen (secondary N) is 2. The molecule has 1 aromatic carbocycles. The number of benzene rings is 1. The lowest BCUT2D eigenvalue weighted by Gasteiger charge is -2.28. The van der Waals surface area contributed by atoms with Crippen LogP contribution in [-0.4, -0.2) is 36.8 Å². The summed E-state index contributed by atoms with van der Waals surface area (Å²) in [6.07, 6.45) is 2.37. The fourth-order valence-electron chi connectivity index (χ4n) is 2.80. The molecular formula is C16H24N2O2. The maximum atomic E-state index is 12.5. The summed E-state index contributed by atoms with van der Waals surface area (Å²) in [7, 11) is 0. The van der Waals surface area contributed by atoms with E-state index in [9.17, 15) is 9.90 Å². The Morgan fingerprint density at radius 2 is 2.20 bits per heavy atom. The van der Waals surface area contributed by atoms with Gasteiger partial charge in [0.2, 0.25) is 5.91 Å². The second-order valence-electron chi connectivity index (χ2n) is 5.60. The molecule has 0 radical (unpaired) electrons. The molecule has 2 atom stereocenters. The van der Waals surface area contributed by atoms with Gasteiger partial charge < -0.3 is 15.7 Å². The fraction of sp³-hybridized carbons (Fsp3) is 0.562. The van der Waals surface area contributed by atoms with Gasteiger partial charge in [0.05, 0.1) is 18.1 Å². The second-order valence-corrected chi connectivity index (χ2v) is 5.60. The maximum absolute atomic E-state index is 12.5. The smallest absolute Gasteiger partial charge is 0.227 e. The van der Waals surface area contributed by atoms with Crippen molar-refractivity contribution >= 4 is 5.91 Å². The zero-order valence-corrected chi connectivity index (χ0v) is 12.1. The second kappa shape index (κ2) is 6.86. The van der Waals surface area contributed by atoms with Gasteiger partial charge >= 0.3 is 0 Å². The summed E-state index contributed by atoms with van der Waals surface area (Å²) >= 11 is 0. The van der Waals surface area contributed by atoms with Crippen LogP contribution in [0.15, 0.2) is 30.3 Å². The number of aliphatic hydroxyl groups excluding tert-OH is 1. The molecule has 0 bridgehead atoms. The molecule has 4 heteroatoms. The van der Waals surface area contributed by atoms with E-state index in [0.29, 0.717) is 6.42 Å². The first-order valence-electron chi connectivity index (χ1n) is 7.36. The van der Waals surface area contributed by atoms with E-state index in [1.54, 1.807) is 0 Å². The third-order valence-corrected chi connectivity index (χ3v) is 4.28. The van der Waals surface area contributed by atoms with E-state index in [2.05, 4.69) is 17.6 Å². The molecule has 0 aliphatic carbocycles. The Morgan fingerprint density at radius 3 is 2.75 bits per heavy atom. The third kappa shape index (κ3) is 3.38. The highest BCUT2D eigenvalue weighted by Crippen LogP contribution is 2.29. The monoisotopic (exact) mass is 276 g/mol. The summed E-state index contributed by atoms with van der Waals surface area (Å²) in [5.41, 5.74) is 0.825. The van der Waals surface area contributed by atoms with Crippen molar-refractivity contribution in [2.75, 3.05) is 19.7 Å². The normalized spacial score (nSPS) is 23.5. The van der Waals surface area contributed by atoms with E-state index in [4.69, 9.17) is 0 Å². The summed E-state index contributed by atoms with van der Waals surface area (Å²) in [5, 5.41) is 15.8. The summed E-state index contributed by atoms with van der Waals surface area (Å²) in [6.45, 7) is 3.65. The van der Waals surface area contributed by atoms with Gasteiger partial charge in [0.15, 0.2) is 0 Å². The zero-order chi connectivity index (χ0) is 14.4. The molecular weight excluding hydrogens is 252 g/mol. The van der Waals surface area contributed by atoms with Crippen molar-refractivity contribution in [3.63, 3.8) is 0 Å². The molecule has 1 saturated heterocycles. The van der Waals surface area contributed by atoms with Crippen molar-refractivity contribution in [1.82, 2.24) is 10.6 Å². The van der Waals surface area contributed by atoms with E-state index in [1.165, 1.54) is 0 Å². The molecule has 1 aliphatic heterocycles.